The summed E-state index contributed by atoms with van der Waals surface area (Å²) >= 11 is 0. The fourth-order valence-corrected chi connectivity index (χ4v) is 2.26. The molecular formula is C14H18ClF3N2O. The minimum atomic E-state index is -4.40. The van der Waals surface area contributed by atoms with Gasteiger partial charge in [-0.25, -0.2) is 0 Å². The van der Waals surface area contributed by atoms with Gasteiger partial charge < -0.3 is 10.6 Å². The number of anilines is 1. The Labute approximate surface area is 127 Å². The lowest BCUT2D eigenvalue weighted by atomic mass is 9.80. The van der Waals surface area contributed by atoms with Crippen molar-refractivity contribution in [2.24, 2.45) is 5.41 Å². The second kappa shape index (κ2) is 6.66. The van der Waals surface area contributed by atoms with Crippen LogP contribution in [0.1, 0.15) is 25.3 Å². The van der Waals surface area contributed by atoms with Crippen molar-refractivity contribution in [1.82, 2.24) is 5.32 Å². The first-order chi connectivity index (χ1) is 9.31. The van der Waals surface area contributed by atoms with Crippen molar-refractivity contribution < 1.29 is 18.0 Å². The molecule has 118 valence electrons. The van der Waals surface area contributed by atoms with Crippen molar-refractivity contribution >= 4 is 24.0 Å². The van der Waals surface area contributed by atoms with Crippen molar-refractivity contribution in [3.05, 3.63) is 29.8 Å². The Hall–Kier alpha value is -1.27. The molecule has 0 aliphatic carbocycles. The van der Waals surface area contributed by atoms with Gasteiger partial charge in [-0.15, -0.1) is 12.4 Å². The van der Waals surface area contributed by atoms with E-state index in [1.807, 2.05) is 6.92 Å². The first-order valence-corrected chi connectivity index (χ1v) is 6.51. The van der Waals surface area contributed by atoms with Gasteiger partial charge in [-0.1, -0.05) is 13.0 Å². The highest BCUT2D eigenvalue weighted by Crippen LogP contribution is 2.32. The van der Waals surface area contributed by atoms with Crippen LogP contribution < -0.4 is 10.6 Å². The summed E-state index contributed by atoms with van der Waals surface area (Å²) < 4.78 is 37.8. The molecule has 7 heteroatoms. The molecule has 0 radical (unpaired) electrons. The molecule has 1 aromatic carbocycles. The molecule has 1 fully saturated rings. The molecule has 1 aromatic rings. The molecular weight excluding hydrogens is 305 g/mol. The number of amides is 1. The second-order valence-corrected chi connectivity index (χ2v) is 5.34. The molecule has 1 aliphatic heterocycles. The van der Waals surface area contributed by atoms with Crippen LogP contribution in [-0.4, -0.2) is 19.0 Å². The van der Waals surface area contributed by atoms with Crippen LogP contribution in [-0.2, 0) is 11.0 Å². The van der Waals surface area contributed by atoms with Gasteiger partial charge in [-0.3, -0.25) is 4.79 Å². The van der Waals surface area contributed by atoms with Gasteiger partial charge in [0.2, 0.25) is 5.91 Å². The van der Waals surface area contributed by atoms with E-state index in [4.69, 9.17) is 0 Å². The molecule has 21 heavy (non-hydrogen) atoms. The summed E-state index contributed by atoms with van der Waals surface area (Å²) in [4.78, 5) is 12.2. The molecule has 3 nitrogen and oxygen atoms in total. The Bertz CT molecular complexity index is 499. The van der Waals surface area contributed by atoms with Crippen LogP contribution in [0, 0.1) is 5.41 Å². The normalized spacial score (nSPS) is 17.7. The second-order valence-electron chi connectivity index (χ2n) is 5.34. The van der Waals surface area contributed by atoms with E-state index in [1.54, 1.807) is 0 Å². The number of hydrogen-bond donors (Lipinski definition) is 2. The summed E-state index contributed by atoms with van der Waals surface area (Å²) in [5.74, 6) is -0.224. The van der Waals surface area contributed by atoms with Gasteiger partial charge in [0.15, 0.2) is 0 Å². The standard InChI is InChI=1S/C14H17F3N2O.ClH/c1-13(5-7-18-8-6-13)12(20)19-11-4-2-3-10(9-11)14(15,16)17;/h2-4,9,18H,5-8H2,1H3,(H,19,20);1H. The third-order valence-electron chi connectivity index (χ3n) is 3.70. The number of alkyl halides is 3. The van der Waals surface area contributed by atoms with Crippen LogP contribution in [0.15, 0.2) is 24.3 Å². The van der Waals surface area contributed by atoms with Crippen molar-refractivity contribution in [2.75, 3.05) is 18.4 Å². The van der Waals surface area contributed by atoms with Crippen LogP contribution in [0.5, 0.6) is 0 Å². The topological polar surface area (TPSA) is 41.1 Å². The minimum absolute atomic E-state index is 0. The smallest absolute Gasteiger partial charge is 0.326 e. The molecule has 0 saturated carbocycles. The monoisotopic (exact) mass is 322 g/mol. The maximum absolute atomic E-state index is 12.6. The Balaban J connectivity index is 0.00000220. The predicted molar refractivity (Wildman–Crippen MR) is 77.5 cm³/mol. The van der Waals surface area contributed by atoms with E-state index in [0.29, 0.717) is 12.8 Å². The summed E-state index contributed by atoms with van der Waals surface area (Å²) in [6, 6.07) is 4.71. The van der Waals surface area contributed by atoms with Gasteiger partial charge in [0, 0.05) is 11.1 Å². The quantitative estimate of drug-likeness (QED) is 0.875. The number of benzene rings is 1. The number of halogens is 4. The van der Waals surface area contributed by atoms with Gasteiger partial charge in [0.25, 0.3) is 0 Å². The zero-order valence-electron chi connectivity index (χ0n) is 11.6. The molecule has 0 bridgehead atoms. The molecule has 0 spiro atoms. The molecule has 0 aromatic heterocycles. The first-order valence-electron chi connectivity index (χ1n) is 6.51. The summed E-state index contributed by atoms with van der Waals surface area (Å²) in [5, 5.41) is 5.76. The summed E-state index contributed by atoms with van der Waals surface area (Å²) in [5.41, 5.74) is -1.10. The van der Waals surface area contributed by atoms with E-state index in [0.717, 1.165) is 25.2 Å². The van der Waals surface area contributed by atoms with E-state index in [9.17, 15) is 18.0 Å². The number of carbonyl (C=O) groups is 1. The third kappa shape index (κ3) is 4.35. The van der Waals surface area contributed by atoms with Crippen molar-refractivity contribution in [3.8, 4) is 0 Å². The van der Waals surface area contributed by atoms with E-state index in [2.05, 4.69) is 10.6 Å². The highest BCUT2D eigenvalue weighted by molar-refractivity contribution is 5.95. The lowest BCUT2D eigenvalue weighted by molar-refractivity contribution is -0.137. The number of carbonyl (C=O) groups excluding carboxylic acids is 1. The molecule has 2 rings (SSSR count). The highest BCUT2D eigenvalue weighted by Gasteiger charge is 2.35. The zero-order valence-corrected chi connectivity index (χ0v) is 12.4. The maximum atomic E-state index is 12.6. The third-order valence-corrected chi connectivity index (χ3v) is 3.70. The molecule has 0 atom stereocenters. The van der Waals surface area contributed by atoms with Crippen molar-refractivity contribution in [3.63, 3.8) is 0 Å². The maximum Gasteiger partial charge on any atom is 0.416 e. The minimum Gasteiger partial charge on any atom is -0.326 e. The van der Waals surface area contributed by atoms with E-state index >= 15 is 0 Å². The number of piperidine rings is 1. The zero-order chi connectivity index (χ0) is 14.8. The molecule has 1 amide bonds. The number of rotatable bonds is 2. The number of hydrogen-bond acceptors (Lipinski definition) is 2. The van der Waals surface area contributed by atoms with E-state index in [1.165, 1.54) is 12.1 Å². The van der Waals surface area contributed by atoms with Gasteiger partial charge in [0.1, 0.15) is 0 Å². The molecule has 1 aliphatic rings. The Morgan fingerprint density at radius 1 is 1.29 bits per heavy atom. The Kier molecular flexibility index (Phi) is 5.64. The highest BCUT2D eigenvalue weighted by atomic mass is 35.5. The van der Waals surface area contributed by atoms with Gasteiger partial charge in [-0.2, -0.15) is 13.2 Å². The summed E-state index contributed by atoms with van der Waals surface area (Å²) in [6.07, 6.45) is -3.05. The van der Waals surface area contributed by atoms with Crippen molar-refractivity contribution in [2.45, 2.75) is 25.9 Å². The molecule has 2 N–H and O–H groups in total. The van der Waals surface area contributed by atoms with E-state index < -0.39 is 17.2 Å². The molecule has 1 saturated heterocycles. The van der Waals surface area contributed by atoms with Gasteiger partial charge in [-0.05, 0) is 44.1 Å². The van der Waals surface area contributed by atoms with Gasteiger partial charge in [0.05, 0.1) is 5.56 Å². The first kappa shape index (κ1) is 17.8. The Morgan fingerprint density at radius 3 is 2.48 bits per heavy atom. The SMILES string of the molecule is CC1(C(=O)Nc2cccc(C(F)(F)F)c2)CCNCC1.Cl. The predicted octanol–water partition coefficient (Wildman–Crippen LogP) is 3.46. The lowest BCUT2D eigenvalue weighted by Gasteiger charge is -2.32. The van der Waals surface area contributed by atoms with Crippen LogP contribution in [0.4, 0.5) is 18.9 Å². The molecule has 1 heterocycles. The Morgan fingerprint density at radius 2 is 1.90 bits per heavy atom. The largest absolute Gasteiger partial charge is 0.416 e. The van der Waals surface area contributed by atoms with Crippen molar-refractivity contribution in [1.29, 1.82) is 0 Å². The average Bonchev–Trinajstić information content (AvgIpc) is 2.39. The van der Waals surface area contributed by atoms with Crippen LogP contribution in [0.3, 0.4) is 0 Å². The molecule has 0 unspecified atom stereocenters. The van der Waals surface area contributed by atoms with Crippen LogP contribution in [0.2, 0.25) is 0 Å². The summed E-state index contributed by atoms with van der Waals surface area (Å²) in [7, 11) is 0. The van der Waals surface area contributed by atoms with Crippen LogP contribution in [0.25, 0.3) is 0 Å². The summed E-state index contributed by atoms with van der Waals surface area (Å²) in [6.45, 7) is 3.33. The fourth-order valence-electron chi connectivity index (χ4n) is 2.26. The fraction of sp³-hybridized carbons (Fsp3) is 0.500. The van der Waals surface area contributed by atoms with Crippen LogP contribution >= 0.6 is 12.4 Å². The number of nitrogens with one attached hydrogen (secondary N) is 2. The lowest BCUT2D eigenvalue weighted by Crippen LogP contribution is -2.42. The van der Waals surface area contributed by atoms with E-state index in [-0.39, 0.29) is 24.0 Å². The average molecular weight is 323 g/mol. The van der Waals surface area contributed by atoms with Gasteiger partial charge >= 0.3 is 6.18 Å².